The number of ether oxygens (including phenoxy) is 2. The lowest BCUT2D eigenvalue weighted by atomic mass is 9.74. The number of hydrogen-bond acceptors (Lipinski definition) is 2. The molecule has 0 saturated heterocycles. The van der Waals surface area contributed by atoms with Gasteiger partial charge in [0, 0.05) is 20.1 Å². The fraction of sp³-hybridized carbons (Fsp3) is 0.444. The lowest BCUT2D eigenvalue weighted by Crippen LogP contribution is -2.18. The maximum absolute atomic E-state index is 7.75. The van der Waals surface area contributed by atoms with Crippen molar-refractivity contribution in [1.82, 2.24) is 0 Å². The SMILES string of the molecule is [2H]C([2H])([2H])C(=C)[C@@H]1CCC(C)=C[C@H]1c1c(OC)cc(Br)cc1OC. The Balaban J connectivity index is 2.61. The van der Waals surface area contributed by atoms with Gasteiger partial charge in [0.25, 0.3) is 0 Å². The molecule has 0 amide bonds. The maximum Gasteiger partial charge on any atom is 0.127 e. The Labute approximate surface area is 140 Å². The Morgan fingerprint density at radius 1 is 1.33 bits per heavy atom. The maximum atomic E-state index is 7.75. The van der Waals surface area contributed by atoms with Crippen LogP contribution in [0.15, 0.2) is 40.4 Å². The Hall–Kier alpha value is -1.22. The van der Waals surface area contributed by atoms with Crippen LogP contribution in [0.5, 0.6) is 11.5 Å². The first-order chi connectivity index (χ1) is 11.2. The molecule has 0 aliphatic heterocycles. The second-order valence-electron chi connectivity index (χ2n) is 5.43. The lowest BCUT2D eigenvalue weighted by Gasteiger charge is -2.32. The van der Waals surface area contributed by atoms with Gasteiger partial charge in [0.1, 0.15) is 11.5 Å². The molecule has 1 aliphatic carbocycles. The van der Waals surface area contributed by atoms with Gasteiger partial charge < -0.3 is 9.47 Å². The van der Waals surface area contributed by atoms with Crippen molar-refractivity contribution in [2.75, 3.05) is 14.2 Å². The van der Waals surface area contributed by atoms with Gasteiger partial charge in [-0.2, -0.15) is 0 Å². The molecule has 0 aromatic heterocycles. The molecule has 21 heavy (non-hydrogen) atoms. The highest BCUT2D eigenvalue weighted by molar-refractivity contribution is 9.10. The second-order valence-corrected chi connectivity index (χ2v) is 6.35. The van der Waals surface area contributed by atoms with E-state index < -0.39 is 6.85 Å². The summed E-state index contributed by atoms with van der Waals surface area (Å²) < 4.78 is 35.2. The number of hydrogen-bond donors (Lipinski definition) is 0. The highest BCUT2D eigenvalue weighted by atomic mass is 79.9. The van der Waals surface area contributed by atoms with Crippen LogP contribution in [0.25, 0.3) is 0 Å². The van der Waals surface area contributed by atoms with E-state index in [1.165, 1.54) is 5.57 Å². The summed E-state index contributed by atoms with van der Waals surface area (Å²) in [6, 6.07) is 3.76. The van der Waals surface area contributed by atoms with Gasteiger partial charge in [0.05, 0.1) is 14.2 Å². The normalized spacial score (nSPS) is 24.4. The van der Waals surface area contributed by atoms with Crippen LogP contribution in [0.1, 0.15) is 42.2 Å². The summed E-state index contributed by atoms with van der Waals surface area (Å²) in [4.78, 5) is 0. The molecule has 0 fully saturated rings. The second kappa shape index (κ2) is 6.69. The zero-order valence-corrected chi connectivity index (χ0v) is 14.3. The number of benzene rings is 1. The van der Waals surface area contributed by atoms with Gasteiger partial charge in [-0.25, -0.2) is 0 Å². The minimum absolute atomic E-state index is 0.135. The van der Waals surface area contributed by atoms with E-state index in [-0.39, 0.29) is 11.8 Å². The van der Waals surface area contributed by atoms with Crippen molar-refractivity contribution in [3.8, 4) is 11.5 Å². The Morgan fingerprint density at radius 3 is 2.48 bits per heavy atom. The summed E-state index contributed by atoms with van der Waals surface area (Å²) >= 11 is 3.46. The van der Waals surface area contributed by atoms with E-state index in [9.17, 15) is 0 Å². The first kappa shape index (κ1) is 12.3. The molecule has 0 spiro atoms. The van der Waals surface area contributed by atoms with Crippen LogP contribution in [0.2, 0.25) is 0 Å². The van der Waals surface area contributed by atoms with E-state index in [1.54, 1.807) is 14.2 Å². The Kier molecular flexibility index (Phi) is 3.93. The van der Waals surface area contributed by atoms with E-state index in [1.807, 2.05) is 12.1 Å². The molecule has 114 valence electrons. The van der Waals surface area contributed by atoms with Crippen LogP contribution in [-0.4, -0.2) is 14.2 Å². The van der Waals surface area contributed by atoms with Crippen molar-refractivity contribution >= 4 is 15.9 Å². The molecule has 0 N–H and O–H groups in total. The summed E-state index contributed by atoms with van der Waals surface area (Å²) in [5, 5.41) is 0. The van der Waals surface area contributed by atoms with Crippen LogP contribution in [0, 0.1) is 5.92 Å². The summed E-state index contributed by atoms with van der Waals surface area (Å²) in [5.41, 5.74) is 2.41. The third-order valence-electron chi connectivity index (χ3n) is 4.04. The molecular weight excluding hydrogens is 328 g/mol. The summed E-state index contributed by atoms with van der Waals surface area (Å²) in [7, 11) is 3.22. The van der Waals surface area contributed by atoms with Crippen molar-refractivity contribution in [1.29, 1.82) is 0 Å². The molecule has 0 bridgehead atoms. The van der Waals surface area contributed by atoms with Crippen molar-refractivity contribution < 1.29 is 13.6 Å². The molecule has 0 unspecified atom stereocenters. The van der Waals surface area contributed by atoms with Gasteiger partial charge in [0.2, 0.25) is 0 Å². The van der Waals surface area contributed by atoms with Crippen LogP contribution in [-0.2, 0) is 0 Å². The molecular formula is C18H23BrO2. The summed E-state index contributed by atoms with van der Waals surface area (Å²) in [6.07, 6.45) is 3.75. The fourth-order valence-corrected chi connectivity index (χ4v) is 3.40. The average molecular weight is 354 g/mol. The topological polar surface area (TPSA) is 18.5 Å². The molecule has 1 aromatic carbocycles. The Morgan fingerprint density at radius 2 is 1.95 bits per heavy atom. The highest BCUT2D eigenvalue weighted by Gasteiger charge is 2.30. The molecule has 2 rings (SSSR count). The van der Waals surface area contributed by atoms with Crippen LogP contribution in [0.4, 0.5) is 0 Å². The van der Waals surface area contributed by atoms with Gasteiger partial charge in [-0.3, -0.25) is 0 Å². The van der Waals surface area contributed by atoms with E-state index in [2.05, 4.69) is 35.5 Å². The third-order valence-corrected chi connectivity index (χ3v) is 4.49. The largest absolute Gasteiger partial charge is 0.496 e. The van der Waals surface area contributed by atoms with Crippen molar-refractivity contribution in [3.63, 3.8) is 0 Å². The standard InChI is InChI=1S/C18H23BrO2/c1-11(2)14-7-6-12(3)8-15(14)18-16(20-4)9-13(19)10-17(18)21-5/h8-10,14-15H,1,6-7H2,2-5H3/t14-,15+/m0/s1/i2D3. The minimum atomic E-state index is -2.17. The number of allylic oxidation sites excluding steroid dienone is 3. The molecule has 2 nitrogen and oxygen atoms in total. The predicted molar refractivity (Wildman–Crippen MR) is 91.3 cm³/mol. The molecule has 1 aromatic rings. The van der Waals surface area contributed by atoms with Gasteiger partial charge in [0.15, 0.2) is 0 Å². The van der Waals surface area contributed by atoms with Crippen LogP contribution < -0.4 is 9.47 Å². The van der Waals surface area contributed by atoms with E-state index in [0.717, 1.165) is 22.9 Å². The number of methoxy groups -OCH3 is 2. The van der Waals surface area contributed by atoms with Gasteiger partial charge in [-0.15, -0.1) is 0 Å². The number of halogens is 1. The average Bonchev–Trinajstić information content (AvgIpc) is 2.52. The first-order valence-corrected chi connectivity index (χ1v) is 7.76. The van der Waals surface area contributed by atoms with Crippen molar-refractivity contribution in [3.05, 3.63) is 46.0 Å². The van der Waals surface area contributed by atoms with Crippen molar-refractivity contribution in [2.24, 2.45) is 5.92 Å². The molecule has 0 saturated carbocycles. The highest BCUT2D eigenvalue weighted by Crippen LogP contribution is 2.47. The predicted octanol–water partition coefficient (Wildman–Crippen LogP) is 5.48. The fourth-order valence-electron chi connectivity index (χ4n) is 2.98. The lowest BCUT2D eigenvalue weighted by molar-refractivity contribution is 0.368. The first-order valence-electron chi connectivity index (χ1n) is 8.47. The number of rotatable bonds is 4. The molecule has 2 atom stereocenters. The smallest absolute Gasteiger partial charge is 0.127 e. The minimum Gasteiger partial charge on any atom is -0.496 e. The van der Waals surface area contributed by atoms with E-state index >= 15 is 0 Å². The molecule has 0 radical (unpaired) electrons. The van der Waals surface area contributed by atoms with E-state index in [4.69, 9.17) is 13.6 Å². The van der Waals surface area contributed by atoms with Crippen LogP contribution >= 0.6 is 15.9 Å². The summed E-state index contributed by atoms with van der Waals surface area (Å²) in [6.45, 7) is 3.80. The molecule has 3 heteroatoms. The van der Waals surface area contributed by atoms with E-state index in [0.29, 0.717) is 17.1 Å². The molecule has 1 aliphatic rings. The zero-order chi connectivity index (χ0) is 18.1. The van der Waals surface area contributed by atoms with Gasteiger partial charge in [-0.05, 0) is 44.7 Å². The zero-order valence-electron chi connectivity index (χ0n) is 15.7. The Bertz CT molecular complexity index is 640. The van der Waals surface area contributed by atoms with Crippen LogP contribution in [0.3, 0.4) is 0 Å². The van der Waals surface area contributed by atoms with Crippen molar-refractivity contribution in [2.45, 2.75) is 32.5 Å². The quantitative estimate of drug-likeness (QED) is 0.667. The monoisotopic (exact) mass is 353 g/mol. The van der Waals surface area contributed by atoms with Gasteiger partial charge in [-0.1, -0.05) is 39.7 Å². The van der Waals surface area contributed by atoms with Gasteiger partial charge >= 0.3 is 0 Å². The third kappa shape index (κ3) is 3.34. The molecule has 0 heterocycles. The summed E-state index contributed by atoms with van der Waals surface area (Å²) in [5.74, 6) is 1.05.